The van der Waals surface area contributed by atoms with Crippen molar-refractivity contribution >= 4 is 12.0 Å². The average Bonchev–Trinajstić information content (AvgIpc) is 2.79. The maximum absolute atomic E-state index is 12.5. The first-order valence-electron chi connectivity index (χ1n) is 7.82. The highest BCUT2D eigenvalue weighted by Gasteiger charge is 2.39. The summed E-state index contributed by atoms with van der Waals surface area (Å²) in [6.45, 7) is 8.65. The SMILES string of the molecule is C[C@@H](CC(=O)N1C(=O)OC[C@@H]1Cc1ccccc1)C(C)(C)C. The molecule has 1 aromatic rings. The van der Waals surface area contributed by atoms with Crippen LogP contribution in [-0.2, 0) is 16.0 Å². The van der Waals surface area contributed by atoms with Crippen molar-refractivity contribution in [1.82, 2.24) is 4.90 Å². The Hall–Kier alpha value is -1.84. The number of ether oxygens (including phenoxy) is 1. The summed E-state index contributed by atoms with van der Waals surface area (Å²) in [5, 5.41) is 0. The van der Waals surface area contributed by atoms with Crippen LogP contribution in [0.3, 0.4) is 0 Å². The van der Waals surface area contributed by atoms with Gasteiger partial charge in [-0.25, -0.2) is 9.69 Å². The van der Waals surface area contributed by atoms with Crippen LogP contribution in [0.25, 0.3) is 0 Å². The van der Waals surface area contributed by atoms with Crippen LogP contribution >= 0.6 is 0 Å². The first kappa shape index (κ1) is 16.5. The van der Waals surface area contributed by atoms with Crippen LogP contribution in [0.15, 0.2) is 30.3 Å². The monoisotopic (exact) mass is 303 g/mol. The molecule has 0 radical (unpaired) electrons. The molecule has 2 atom stereocenters. The van der Waals surface area contributed by atoms with E-state index in [4.69, 9.17) is 4.74 Å². The van der Waals surface area contributed by atoms with E-state index < -0.39 is 6.09 Å². The molecule has 0 bridgehead atoms. The van der Waals surface area contributed by atoms with Gasteiger partial charge in [-0.05, 0) is 23.3 Å². The zero-order chi connectivity index (χ0) is 16.3. The van der Waals surface area contributed by atoms with Crippen molar-refractivity contribution in [3.8, 4) is 0 Å². The van der Waals surface area contributed by atoms with Gasteiger partial charge in [0.25, 0.3) is 0 Å². The van der Waals surface area contributed by atoms with E-state index in [-0.39, 0.29) is 29.9 Å². The van der Waals surface area contributed by atoms with Crippen LogP contribution < -0.4 is 0 Å². The zero-order valence-electron chi connectivity index (χ0n) is 13.8. The third-order valence-electron chi connectivity index (χ3n) is 4.50. The summed E-state index contributed by atoms with van der Waals surface area (Å²) in [5.74, 6) is 0.0663. The number of amides is 2. The number of carbonyl (C=O) groups is 2. The predicted molar refractivity (Wildman–Crippen MR) is 85.4 cm³/mol. The molecule has 2 amide bonds. The van der Waals surface area contributed by atoms with E-state index in [0.29, 0.717) is 12.8 Å². The number of nitrogens with zero attached hydrogens (tertiary/aromatic N) is 1. The first-order chi connectivity index (χ1) is 10.3. The fourth-order valence-corrected chi connectivity index (χ4v) is 2.47. The Morgan fingerprint density at radius 2 is 1.95 bits per heavy atom. The normalized spacial score (nSPS) is 19.9. The molecule has 1 aliphatic rings. The van der Waals surface area contributed by atoms with E-state index in [1.807, 2.05) is 37.3 Å². The van der Waals surface area contributed by atoms with Gasteiger partial charge in [0, 0.05) is 6.42 Å². The van der Waals surface area contributed by atoms with Gasteiger partial charge < -0.3 is 4.74 Å². The fourth-order valence-electron chi connectivity index (χ4n) is 2.47. The maximum atomic E-state index is 12.5. The quantitative estimate of drug-likeness (QED) is 0.853. The molecule has 1 saturated heterocycles. The number of benzene rings is 1. The number of carbonyl (C=O) groups excluding carboxylic acids is 2. The molecule has 0 aromatic heterocycles. The third kappa shape index (κ3) is 3.87. The molecule has 1 fully saturated rings. The highest BCUT2D eigenvalue weighted by Crippen LogP contribution is 2.29. The summed E-state index contributed by atoms with van der Waals surface area (Å²) < 4.78 is 5.10. The Balaban J connectivity index is 2.06. The minimum absolute atomic E-state index is 0.0359. The second-order valence-corrected chi connectivity index (χ2v) is 7.16. The smallest absolute Gasteiger partial charge is 0.416 e. The lowest BCUT2D eigenvalue weighted by atomic mass is 9.80. The molecule has 0 aliphatic carbocycles. The Kier molecular flexibility index (Phi) is 4.89. The summed E-state index contributed by atoms with van der Waals surface area (Å²) in [7, 11) is 0. The molecule has 1 heterocycles. The highest BCUT2D eigenvalue weighted by molar-refractivity contribution is 5.93. The lowest BCUT2D eigenvalue weighted by Crippen LogP contribution is -2.41. The predicted octanol–water partition coefficient (Wildman–Crippen LogP) is 3.65. The lowest BCUT2D eigenvalue weighted by molar-refractivity contribution is -0.130. The molecule has 1 aromatic carbocycles. The minimum Gasteiger partial charge on any atom is -0.447 e. The molecule has 4 heteroatoms. The Labute approximate surface area is 132 Å². The second-order valence-electron chi connectivity index (χ2n) is 7.16. The van der Waals surface area contributed by atoms with Gasteiger partial charge in [-0.2, -0.15) is 0 Å². The molecule has 0 unspecified atom stereocenters. The molecule has 0 saturated carbocycles. The van der Waals surface area contributed by atoms with E-state index >= 15 is 0 Å². The summed E-state index contributed by atoms with van der Waals surface area (Å²) in [6.07, 6.45) is 0.499. The van der Waals surface area contributed by atoms with Crippen molar-refractivity contribution in [3.63, 3.8) is 0 Å². The van der Waals surface area contributed by atoms with Crippen molar-refractivity contribution in [2.75, 3.05) is 6.61 Å². The Morgan fingerprint density at radius 3 is 2.55 bits per heavy atom. The maximum Gasteiger partial charge on any atom is 0.416 e. The molecule has 0 spiro atoms. The van der Waals surface area contributed by atoms with Crippen molar-refractivity contribution in [3.05, 3.63) is 35.9 Å². The number of rotatable bonds is 4. The average molecular weight is 303 g/mol. The molecule has 2 rings (SSSR count). The molecule has 120 valence electrons. The van der Waals surface area contributed by atoms with Crippen LogP contribution in [0.4, 0.5) is 4.79 Å². The van der Waals surface area contributed by atoms with Gasteiger partial charge in [-0.1, -0.05) is 58.0 Å². The van der Waals surface area contributed by atoms with E-state index in [1.165, 1.54) is 4.90 Å². The second kappa shape index (κ2) is 6.51. The van der Waals surface area contributed by atoms with Gasteiger partial charge in [-0.3, -0.25) is 4.79 Å². The van der Waals surface area contributed by atoms with Crippen LogP contribution in [-0.4, -0.2) is 29.5 Å². The number of cyclic esters (lactones) is 1. The van der Waals surface area contributed by atoms with Crippen molar-refractivity contribution in [1.29, 1.82) is 0 Å². The Bertz CT molecular complexity index is 533. The summed E-state index contributed by atoms with van der Waals surface area (Å²) in [6, 6.07) is 9.68. The molecule has 4 nitrogen and oxygen atoms in total. The molecule has 0 N–H and O–H groups in total. The summed E-state index contributed by atoms with van der Waals surface area (Å²) >= 11 is 0. The lowest BCUT2D eigenvalue weighted by Gasteiger charge is -2.28. The van der Waals surface area contributed by atoms with Crippen LogP contribution in [0.5, 0.6) is 0 Å². The van der Waals surface area contributed by atoms with E-state index in [9.17, 15) is 9.59 Å². The summed E-state index contributed by atoms with van der Waals surface area (Å²) in [4.78, 5) is 25.8. The Morgan fingerprint density at radius 1 is 1.32 bits per heavy atom. The van der Waals surface area contributed by atoms with Gasteiger partial charge >= 0.3 is 6.09 Å². The van der Waals surface area contributed by atoms with E-state index in [2.05, 4.69) is 20.8 Å². The molecule has 22 heavy (non-hydrogen) atoms. The highest BCUT2D eigenvalue weighted by atomic mass is 16.6. The number of hydrogen-bond donors (Lipinski definition) is 0. The van der Waals surface area contributed by atoms with Crippen molar-refractivity contribution < 1.29 is 14.3 Å². The van der Waals surface area contributed by atoms with Gasteiger partial charge in [0.15, 0.2) is 0 Å². The van der Waals surface area contributed by atoms with Gasteiger partial charge in [0.05, 0.1) is 6.04 Å². The minimum atomic E-state index is -0.507. The largest absolute Gasteiger partial charge is 0.447 e. The molecular formula is C18H25NO3. The summed E-state index contributed by atoms with van der Waals surface area (Å²) in [5.41, 5.74) is 1.14. The van der Waals surface area contributed by atoms with Crippen LogP contribution in [0, 0.1) is 11.3 Å². The molecular weight excluding hydrogens is 278 g/mol. The van der Waals surface area contributed by atoms with E-state index in [1.54, 1.807) is 0 Å². The van der Waals surface area contributed by atoms with Gasteiger partial charge in [0.2, 0.25) is 5.91 Å². The van der Waals surface area contributed by atoms with Crippen LogP contribution in [0.2, 0.25) is 0 Å². The van der Waals surface area contributed by atoms with Crippen molar-refractivity contribution in [2.24, 2.45) is 11.3 Å². The van der Waals surface area contributed by atoms with Gasteiger partial charge in [-0.15, -0.1) is 0 Å². The number of imide groups is 1. The van der Waals surface area contributed by atoms with Gasteiger partial charge in [0.1, 0.15) is 6.61 Å². The first-order valence-corrected chi connectivity index (χ1v) is 7.82. The third-order valence-corrected chi connectivity index (χ3v) is 4.50. The molecule has 1 aliphatic heterocycles. The number of hydrogen-bond acceptors (Lipinski definition) is 3. The fraction of sp³-hybridized carbons (Fsp3) is 0.556. The van der Waals surface area contributed by atoms with Crippen LogP contribution in [0.1, 0.15) is 39.7 Å². The van der Waals surface area contributed by atoms with E-state index in [0.717, 1.165) is 5.56 Å². The van der Waals surface area contributed by atoms with Crippen molar-refractivity contribution in [2.45, 2.75) is 46.6 Å². The zero-order valence-corrected chi connectivity index (χ0v) is 13.8. The topological polar surface area (TPSA) is 46.6 Å². The standard InChI is InChI=1S/C18H25NO3/c1-13(18(2,3)4)10-16(20)19-15(12-22-17(19)21)11-14-8-6-5-7-9-14/h5-9,13,15H,10-12H2,1-4H3/t13-,15-/m0/s1.